The molecule has 0 amide bonds. The van der Waals surface area contributed by atoms with E-state index in [1.54, 1.807) is 0 Å². The smallest absolute Gasteiger partial charge is 0.192 e. The van der Waals surface area contributed by atoms with Crippen LogP contribution in [0.15, 0.2) is 0 Å². The Morgan fingerprint density at radius 2 is 0.706 bits per heavy atom. The topological polar surface area (TPSA) is 88.4 Å². The van der Waals surface area contributed by atoms with Crippen LogP contribution in [0.5, 0.6) is 0 Å². The van der Waals surface area contributed by atoms with Crippen LogP contribution in [0, 0.1) is 0 Å². The summed E-state index contributed by atoms with van der Waals surface area (Å²) in [5, 5.41) is 28.0. The number of aliphatic hydroxyl groups is 3. The van der Waals surface area contributed by atoms with E-state index in [0.29, 0.717) is 19.8 Å². The van der Waals surface area contributed by atoms with Crippen molar-refractivity contribution < 1.29 is 29.2 Å². The molecular weight excluding hydrogens is 653 g/mol. The van der Waals surface area contributed by atoms with Crippen LogP contribution in [0.25, 0.3) is 0 Å². The quantitative estimate of drug-likeness (QED) is 0.0431. The molecular formula is C44H94O6Si. The molecule has 0 aromatic heterocycles. The fraction of sp³-hybridized carbons (Fsp3) is 1.00. The Labute approximate surface area is 321 Å². The lowest BCUT2D eigenvalue weighted by molar-refractivity contribution is 0.00526. The Morgan fingerprint density at radius 3 is 0.980 bits per heavy atom. The summed E-state index contributed by atoms with van der Waals surface area (Å²) < 4.78 is 17.0. The first kappa shape index (κ1) is 53.1. The zero-order chi connectivity index (χ0) is 38.3. The highest BCUT2D eigenvalue weighted by Crippen LogP contribution is 2.36. The molecule has 0 radical (unpaired) electrons. The van der Waals surface area contributed by atoms with Crippen molar-refractivity contribution in [2.45, 2.75) is 245 Å². The molecule has 0 aliphatic heterocycles. The SMILES string of the molecule is CCCCCCCCCCCCCCCCOCC(O)CO.CCCCCCCCCCCCCCCCOCC(O)CO[Si](C)(C)C(C)(C)C. The number of hydrogen-bond donors (Lipinski definition) is 3. The van der Waals surface area contributed by atoms with Crippen LogP contribution in [0.4, 0.5) is 0 Å². The van der Waals surface area contributed by atoms with Gasteiger partial charge in [-0.25, -0.2) is 0 Å². The van der Waals surface area contributed by atoms with E-state index >= 15 is 0 Å². The van der Waals surface area contributed by atoms with Gasteiger partial charge in [0.25, 0.3) is 0 Å². The molecule has 0 saturated carbocycles. The maximum Gasteiger partial charge on any atom is 0.192 e. The molecule has 0 aromatic carbocycles. The summed E-state index contributed by atoms with van der Waals surface area (Å²) in [5.41, 5.74) is 0. The molecule has 0 aliphatic carbocycles. The number of aliphatic hydroxyl groups excluding tert-OH is 3. The highest BCUT2D eigenvalue weighted by molar-refractivity contribution is 6.74. The van der Waals surface area contributed by atoms with E-state index < -0.39 is 20.5 Å². The lowest BCUT2D eigenvalue weighted by atomic mass is 10.0. The zero-order valence-corrected chi connectivity index (χ0v) is 36.8. The van der Waals surface area contributed by atoms with E-state index in [4.69, 9.17) is 24.1 Å². The minimum Gasteiger partial charge on any atom is -0.414 e. The minimum atomic E-state index is -1.77. The largest absolute Gasteiger partial charge is 0.414 e. The lowest BCUT2D eigenvalue weighted by Gasteiger charge is -2.36. The first-order valence-electron chi connectivity index (χ1n) is 22.3. The van der Waals surface area contributed by atoms with Crippen molar-refractivity contribution in [3.05, 3.63) is 0 Å². The molecule has 51 heavy (non-hydrogen) atoms. The molecule has 7 heteroatoms. The van der Waals surface area contributed by atoms with E-state index in [9.17, 15) is 5.11 Å². The summed E-state index contributed by atoms with van der Waals surface area (Å²) in [4.78, 5) is 0. The predicted molar refractivity (Wildman–Crippen MR) is 225 cm³/mol. The molecule has 3 N–H and O–H groups in total. The number of rotatable bonds is 38. The third-order valence-electron chi connectivity index (χ3n) is 10.6. The summed E-state index contributed by atoms with van der Waals surface area (Å²) in [6, 6.07) is 0. The van der Waals surface area contributed by atoms with Crippen molar-refractivity contribution in [1.82, 2.24) is 0 Å². The summed E-state index contributed by atoms with van der Waals surface area (Å²) in [7, 11) is -1.77. The second kappa shape index (κ2) is 39.7. The Balaban J connectivity index is 0. The Bertz CT molecular complexity index is 656. The molecule has 0 rings (SSSR count). The monoisotopic (exact) mass is 747 g/mol. The van der Waals surface area contributed by atoms with Crippen molar-refractivity contribution in [3.63, 3.8) is 0 Å². The van der Waals surface area contributed by atoms with E-state index in [2.05, 4.69) is 47.7 Å². The molecule has 6 nitrogen and oxygen atoms in total. The van der Waals surface area contributed by atoms with Gasteiger partial charge in [-0.3, -0.25) is 0 Å². The molecule has 0 spiro atoms. The summed E-state index contributed by atoms with van der Waals surface area (Å²) in [6.45, 7) is 18.0. The van der Waals surface area contributed by atoms with Gasteiger partial charge in [0.05, 0.1) is 32.5 Å². The van der Waals surface area contributed by atoms with Crippen LogP contribution >= 0.6 is 0 Å². The van der Waals surface area contributed by atoms with Gasteiger partial charge >= 0.3 is 0 Å². The molecule has 0 fully saturated rings. The average Bonchev–Trinajstić information content (AvgIpc) is 3.10. The Morgan fingerprint density at radius 1 is 0.431 bits per heavy atom. The van der Waals surface area contributed by atoms with Gasteiger partial charge in [-0.1, -0.05) is 202 Å². The number of ether oxygens (including phenoxy) is 2. The molecule has 0 bridgehead atoms. The third-order valence-corrected chi connectivity index (χ3v) is 15.1. The van der Waals surface area contributed by atoms with E-state index in [1.807, 2.05) is 0 Å². The van der Waals surface area contributed by atoms with Crippen molar-refractivity contribution in [2.24, 2.45) is 0 Å². The molecule has 0 aromatic rings. The number of unbranched alkanes of at least 4 members (excludes halogenated alkanes) is 26. The molecule has 310 valence electrons. The van der Waals surface area contributed by atoms with Gasteiger partial charge < -0.3 is 29.2 Å². The molecule has 0 saturated heterocycles. The van der Waals surface area contributed by atoms with E-state index in [-0.39, 0.29) is 18.3 Å². The van der Waals surface area contributed by atoms with E-state index in [1.165, 1.54) is 167 Å². The van der Waals surface area contributed by atoms with Crippen LogP contribution in [0.3, 0.4) is 0 Å². The molecule has 2 unspecified atom stereocenters. The van der Waals surface area contributed by atoms with Gasteiger partial charge in [0, 0.05) is 13.2 Å². The highest BCUT2D eigenvalue weighted by Gasteiger charge is 2.37. The first-order valence-corrected chi connectivity index (χ1v) is 25.2. The Hall–Kier alpha value is -0.0231. The van der Waals surface area contributed by atoms with Gasteiger partial charge in [0.15, 0.2) is 8.32 Å². The van der Waals surface area contributed by atoms with Crippen molar-refractivity contribution in [3.8, 4) is 0 Å². The molecule has 0 aliphatic rings. The normalized spacial score (nSPS) is 13.3. The van der Waals surface area contributed by atoms with Crippen LogP contribution in [0.1, 0.15) is 214 Å². The van der Waals surface area contributed by atoms with Crippen molar-refractivity contribution in [1.29, 1.82) is 0 Å². The second-order valence-corrected chi connectivity index (χ2v) is 21.7. The maximum atomic E-state index is 10.1. The van der Waals surface area contributed by atoms with Crippen LogP contribution in [-0.2, 0) is 13.9 Å². The zero-order valence-electron chi connectivity index (χ0n) is 35.8. The van der Waals surface area contributed by atoms with Gasteiger partial charge in [-0.2, -0.15) is 0 Å². The van der Waals surface area contributed by atoms with Crippen molar-refractivity contribution >= 4 is 8.32 Å². The average molecular weight is 747 g/mol. The van der Waals surface area contributed by atoms with E-state index in [0.717, 1.165) is 19.4 Å². The first-order chi connectivity index (χ1) is 24.5. The summed E-state index contributed by atoms with van der Waals surface area (Å²) in [6.07, 6.45) is 37.0. The van der Waals surface area contributed by atoms with Gasteiger partial charge in [-0.15, -0.1) is 0 Å². The van der Waals surface area contributed by atoms with Gasteiger partial charge in [0.2, 0.25) is 0 Å². The highest BCUT2D eigenvalue weighted by atomic mass is 28.4. The van der Waals surface area contributed by atoms with Crippen molar-refractivity contribution in [2.75, 3.05) is 39.6 Å². The Kier molecular flexibility index (Phi) is 41.3. The minimum absolute atomic E-state index is 0.182. The summed E-state index contributed by atoms with van der Waals surface area (Å²) >= 11 is 0. The fourth-order valence-corrected chi connectivity index (χ4v) is 6.90. The molecule has 0 heterocycles. The summed E-state index contributed by atoms with van der Waals surface area (Å²) in [5.74, 6) is 0. The second-order valence-electron chi connectivity index (χ2n) is 16.9. The predicted octanol–water partition coefficient (Wildman–Crippen LogP) is 12.7. The fourth-order valence-electron chi connectivity index (χ4n) is 5.86. The third kappa shape index (κ3) is 41.0. The number of hydrogen-bond acceptors (Lipinski definition) is 6. The van der Waals surface area contributed by atoms with Crippen LogP contribution in [-0.4, -0.2) is 75.5 Å². The van der Waals surface area contributed by atoms with Gasteiger partial charge in [0.1, 0.15) is 6.10 Å². The maximum absolute atomic E-state index is 10.1. The van der Waals surface area contributed by atoms with Crippen LogP contribution in [0.2, 0.25) is 18.1 Å². The van der Waals surface area contributed by atoms with Crippen LogP contribution < -0.4 is 0 Å². The standard InChI is InChI=1S/C25H54O3Si.C19H40O3/c1-7-8-9-10-11-12-13-14-15-16-17-18-19-20-21-27-22-24(26)23-28-29(5,6)25(2,3)4;1-2-3-4-5-6-7-8-9-10-11-12-13-14-15-16-22-18-19(21)17-20/h24,26H,7-23H2,1-6H3;19-21H,2-18H2,1H3. The van der Waals surface area contributed by atoms with Gasteiger partial charge in [-0.05, 0) is 31.0 Å². The molecule has 2 atom stereocenters. The lowest BCUT2D eigenvalue weighted by Crippen LogP contribution is -2.43.